The van der Waals surface area contributed by atoms with Crippen molar-refractivity contribution in [1.82, 2.24) is 19.9 Å². The molecule has 2 aromatic heterocycles. The molecule has 1 N–H and O–H groups in total. The Bertz CT molecular complexity index is 692. The molecule has 128 valence electrons. The molecule has 24 heavy (non-hydrogen) atoms. The Labute approximate surface area is 141 Å². The summed E-state index contributed by atoms with van der Waals surface area (Å²) in [7, 11) is 0. The van der Waals surface area contributed by atoms with Crippen LogP contribution >= 0.6 is 0 Å². The minimum absolute atomic E-state index is 0.255. The van der Waals surface area contributed by atoms with Crippen LogP contribution in [0.2, 0.25) is 0 Å². The molecule has 0 aliphatic carbocycles. The fourth-order valence-corrected chi connectivity index (χ4v) is 2.93. The van der Waals surface area contributed by atoms with Crippen LogP contribution in [0.3, 0.4) is 0 Å². The van der Waals surface area contributed by atoms with Crippen LogP contribution in [0.25, 0.3) is 0 Å². The van der Waals surface area contributed by atoms with Crippen LogP contribution in [0.1, 0.15) is 30.1 Å². The van der Waals surface area contributed by atoms with E-state index in [9.17, 15) is 0 Å². The van der Waals surface area contributed by atoms with Crippen molar-refractivity contribution >= 4 is 11.8 Å². The average Bonchev–Trinajstić information content (AvgIpc) is 2.53. The Hall–Kier alpha value is -2.31. The molecule has 3 heterocycles. The number of alkyl halides is 1. The Morgan fingerprint density at radius 1 is 1.12 bits per heavy atom. The van der Waals surface area contributed by atoms with Crippen molar-refractivity contribution in [1.29, 1.82) is 0 Å². The second-order valence-corrected chi connectivity index (χ2v) is 6.43. The van der Waals surface area contributed by atoms with Crippen LogP contribution in [-0.4, -0.2) is 45.2 Å². The molecule has 0 amide bonds. The van der Waals surface area contributed by atoms with Crippen molar-refractivity contribution in [3.8, 4) is 0 Å². The smallest absolute Gasteiger partial charge is 0.225 e. The van der Waals surface area contributed by atoms with Crippen LogP contribution in [0.15, 0.2) is 18.3 Å². The molecule has 1 aliphatic heterocycles. The fraction of sp³-hybridized carbons (Fsp3) is 0.529. The van der Waals surface area contributed by atoms with Gasteiger partial charge in [0.1, 0.15) is 17.3 Å². The van der Waals surface area contributed by atoms with Crippen molar-refractivity contribution in [3.05, 3.63) is 35.5 Å². The van der Waals surface area contributed by atoms with Gasteiger partial charge in [-0.2, -0.15) is 0 Å². The molecule has 7 heteroatoms. The highest BCUT2D eigenvalue weighted by molar-refractivity contribution is 5.37. The lowest BCUT2D eigenvalue weighted by Crippen LogP contribution is -2.46. The number of nitrogens with one attached hydrogen (secondary N) is 1. The summed E-state index contributed by atoms with van der Waals surface area (Å²) in [6.07, 6.45) is 2.64. The van der Waals surface area contributed by atoms with E-state index >= 15 is 4.39 Å². The van der Waals surface area contributed by atoms with E-state index in [1.165, 1.54) is 0 Å². The zero-order valence-corrected chi connectivity index (χ0v) is 14.4. The van der Waals surface area contributed by atoms with Gasteiger partial charge in [0.05, 0.1) is 6.54 Å². The second kappa shape index (κ2) is 6.67. The highest BCUT2D eigenvalue weighted by atomic mass is 19.1. The minimum atomic E-state index is -1.24. The normalized spacial score (nSPS) is 16.9. The first-order valence-electron chi connectivity index (χ1n) is 8.23. The van der Waals surface area contributed by atoms with Gasteiger partial charge in [-0.25, -0.2) is 24.3 Å². The van der Waals surface area contributed by atoms with Crippen LogP contribution in [0.5, 0.6) is 0 Å². The number of aromatic nitrogens is 4. The van der Waals surface area contributed by atoms with Crippen LogP contribution < -0.4 is 10.2 Å². The van der Waals surface area contributed by atoms with Gasteiger partial charge < -0.3 is 10.2 Å². The van der Waals surface area contributed by atoms with Gasteiger partial charge in [0.2, 0.25) is 5.95 Å². The molecule has 0 aromatic carbocycles. The van der Waals surface area contributed by atoms with E-state index in [2.05, 4.69) is 25.3 Å². The molecule has 0 unspecified atom stereocenters. The number of piperidine rings is 1. The Balaban J connectivity index is 1.58. The molecule has 1 fully saturated rings. The number of rotatable bonds is 4. The summed E-state index contributed by atoms with van der Waals surface area (Å²) in [6.45, 7) is 7.16. The number of halogens is 1. The SMILES string of the molecule is Cc1cc(NCC2(F)CCN(c3nccc(C)n3)CC2)nc(C)n1. The summed E-state index contributed by atoms with van der Waals surface area (Å²) >= 11 is 0. The third-order valence-electron chi connectivity index (χ3n) is 4.28. The third kappa shape index (κ3) is 3.96. The number of aryl methyl sites for hydroxylation is 3. The summed E-state index contributed by atoms with van der Waals surface area (Å²) in [5, 5.41) is 3.12. The van der Waals surface area contributed by atoms with E-state index in [0.717, 1.165) is 11.4 Å². The lowest BCUT2D eigenvalue weighted by molar-refractivity contribution is 0.140. The largest absolute Gasteiger partial charge is 0.367 e. The van der Waals surface area contributed by atoms with Gasteiger partial charge >= 0.3 is 0 Å². The molecule has 0 atom stereocenters. The summed E-state index contributed by atoms with van der Waals surface area (Å²) in [4.78, 5) is 19.3. The first kappa shape index (κ1) is 16.5. The summed E-state index contributed by atoms with van der Waals surface area (Å²) < 4.78 is 15.1. The lowest BCUT2D eigenvalue weighted by atomic mass is 9.93. The molecular formula is C17H23FN6. The molecule has 3 rings (SSSR count). The van der Waals surface area contributed by atoms with Crippen LogP contribution in [0.4, 0.5) is 16.2 Å². The Morgan fingerprint density at radius 3 is 2.54 bits per heavy atom. The molecule has 2 aromatic rings. The predicted molar refractivity (Wildman–Crippen MR) is 92.1 cm³/mol. The van der Waals surface area contributed by atoms with E-state index in [4.69, 9.17) is 0 Å². The van der Waals surface area contributed by atoms with Gasteiger partial charge in [0, 0.05) is 49.6 Å². The lowest BCUT2D eigenvalue weighted by Gasteiger charge is -2.36. The highest BCUT2D eigenvalue weighted by Gasteiger charge is 2.35. The first-order valence-corrected chi connectivity index (χ1v) is 8.23. The van der Waals surface area contributed by atoms with E-state index in [0.29, 0.717) is 43.5 Å². The van der Waals surface area contributed by atoms with E-state index < -0.39 is 5.67 Å². The van der Waals surface area contributed by atoms with Gasteiger partial charge in [-0.15, -0.1) is 0 Å². The van der Waals surface area contributed by atoms with Gasteiger partial charge in [0.25, 0.3) is 0 Å². The maximum absolute atomic E-state index is 15.1. The van der Waals surface area contributed by atoms with E-state index in [-0.39, 0.29) is 6.54 Å². The molecule has 0 spiro atoms. The van der Waals surface area contributed by atoms with Crippen molar-refractivity contribution in [2.24, 2.45) is 0 Å². The molecule has 0 saturated carbocycles. The number of hydrogen-bond acceptors (Lipinski definition) is 6. The van der Waals surface area contributed by atoms with Crippen molar-refractivity contribution in [3.63, 3.8) is 0 Å². The standard InChI is InChI=1S/C17H23FN6/c1-12-4-7-19-16(22-12)24-8-5-17(18,6-9-24)11-20-15-10-13(2)21-14(3)23-15/h4,7,10H,5-6,8-9,11H2,1-3H3,(H,20,21,23). The van der Waals surface area contributed by atoms with Crippen molar-refractivity contribution in [2.45, 2.75) is 39.3 Å². The fourth-order valence-electron chi connectivity index (χ4n) is 2.93. The van der Waals surface area contributed by atoms with E-state index in [1.54, 1.807) is 6.20 Å². The molecule has 1 saturated heterocycles. The third-order valence-corrected chi connectivity index (χ3v) is 4.28. The Morgan fingerprint density at radius 2 is 1.88 bits per heavy atom. The number of hydrogen-bond donors (Lipinski definition) is 1. The number of anilines is 2. The van der Waals surface area contributed by atoms with Crippen LogP contribution in [0, 0.1) is 20.8 Å². The maximum Gasteiger partial charge on any atom is 0.225 e. The molecule has 0 radical (unpaired) electrons. The molecular weight excluding hydrogens is 307 g/mol. The zero-order valence-electron chi connectivity index (χ0n) is 14.4. The predicted octanol–water partition coefficient (Wildman–Crippen LogP) is 2.61. The van der Waals surface area contributed by atoms with Gasteiger partial charge in [-0.1, -0.05) is 0 Å². The molecule has 6 nitrogen and oxygen atoms in total. The monoisotopic (exact) mass is 330 g/mol. The summed E-state index contributed by atoms with van der Waals surface area (Å²) in [6, 6.07) is 3.70. The van der Waals surface area contributed by atoms with Gasteiger partial charge in [-0.3, -0.25) is 0 Å². The summed E-state index contributed by atoms with van der Waals surface area (Å²) in [5.41, 5.74) is 0.560. The zero-order chi connectivity index (χ0) is 17.2. The number of nitrogens with zero attached hydrogens (tertiary/aromatic N) is 5. The summed E-state index contributed by atoms with van der Waals surface area (Å²) in [5.74, 6) is 2.06. The topological polar surface area (TPSA) is 66.8 Å². The van der Waals surface area contributed by atoms with Gasteiger partial charge in [0.15, 0.2) is 0 Å². The minimum Gasteiger partial charge on any atom is -0.367 e. The average molecular weight is 330 g/mol. The molecule has 0 bridgehead atoms. The first-order chi connectivity index (χ1) is 11.4. The highest BCUT2D eigenvalue weighted by Crippen LogP contribution is 2.28. The van der Waals surface area contributed by atoms with Crippen LogP contribution in [-0.2, 0) is 0 Å². The second-order valence-electron chi connectivity index (χ2n) is 6.43. The quantitative estimate of drug-likeness (QED) is 0.929. The van der Waals surface area contributed by atoms with Crippen molar-refractivity contribution in [2.75, 3.05) is 29.9 Å². The van der Waals surface area contributed by atoms with Crippen molar-refractivity contribution < 1.29 is 4.39 Å². The van der Waals surface area contributed by atoms with Gasteiger partial charge in [-0.05, 0) is 26.8 Å². The Kier molecular flexibility index (Phi) is 4.59. The van der Waals surface area contributed by atoms with E-state index in [1.807, 2.05) is 37.8 Å². The molecule has 1 aliphatic rings. The maximum atomic E-state index is 15.1.